The molecule has 1 N–H and O–H groups in total. The highest BCUT2D eigenvalue weighted by Gasteiger charge is 2.19. The van der Waals surface area contributed by atoms with Gasteiger partial charge in [-0.25, -0.2) is 13.6 Å². The fourth-order valence-electron chi connectivity index (χ4n) is 1.38. The summed E-state index contributed by atoms with van der Waals surface area (Å²) < 4.78 is 31.9. The molecule has 4 nitrogen and oxygen atoms in total. The van der Waals surface area contributed by atoms with Gasteiger partial charge < -0.3 is 9.63 Å². The molecule has 7 heteroatoms. The summed E-state index contributed by atoms with van der Waals surface area (Å²) in [5.41, 5.74) is -0.524. The van der Waals surface area contributed by atoms with Crippen LogP contribution in [0.15, 0.2) is 27.6 Å². The van der Waals surface area contributed by atoms with Crippen LogP contribution in [0.5, 0.6) is 0 Å². The van der Waals surface area contributed by atoms with E-state index in [4.69, 9.17) is 5.11 Å². The van der Waals surface area contributed by atoms with Crippen molar-refractivity contribution < 1.29 is 23.2 Å². The molecular formula is C11H7F2NO3S. The van der Waals surface area contributed by atoms with Gasteiger partial charge in [-0.05, 0) is 18.4 Å². The van der Waals surface area contributed by atoms with Crippen molar-refractivity contribution in [2.45, 2.75) is 4.90 Å². The lowest BCUT2D eigenvalue weighted by Gasteiger charge is -2.03. The first-order chi connectivity index (χ1) is 8.54. The van der Waals surface area contributed by atoms with Crippen LogP contribution in [0.1, 0.15) is 10.5 Å². The van der Waals surface area contributed by atoms with Gasteiger partial charge in [-0.15, -0.1) is 11.8 Å². The zero-order valence-corrected chi connectivity index (χ0v) is 9.92. The van der Waals surface area contributed by atoms with Gasteiger partial charge in [-0.3, -0.25) is 0 Å². The minimum absolute atomic E-state index is 0.128. The Morgan fingerprint density at radius 1 is 1.39 bits per heavy atom. The number of halogens is 2. The molecule has 0 bridgehead atoms. The largest absolute Gasteiger partial charge is 0.476 e. The molecule has 0 amide bonds. The summed E-state index contributed by atoms with van der Waals surface area (Å²) in [6.45, 7) is 0. The number of aromatic nitrogens is 1. The molecule has 0 unspecified atom stereocenters. The zero-order valence-electron chi connectivity index (χ0n) is 9.11. The number of thioether (sulfide) groups is 1. The first-order valence-electron chi connectivity index (χ1n) is 4.77. The van der Waals surface area contributed by atoms with Crippen molar-refractivity contribution in [3.05, 3.63) is 35.5 Å². The zero-order chi connectivity index (χ0) is 13.3. The second-order valence-corrected chi connectivity index (χ2v) is 4.17. The number of hydrogen-bond donors (Lipinski definition) is 1. The van der Waals surface area contributed by atoms with Crippen molar-refractivity contribution in [2.75, 3.05) is 6.26 Å². The number of aromatic carboxylic acids is 1. The average Bonchev–Trinajstić information content (AvgIpc) is 2.82. The van der Waals surface area contributed by atoms with E-state index in [0.717, 1.165) is 17.8 Å². The second-order valence-electron chi connectivity index (χ2n) is 3.32. The molecule has 18 heavy (non-hydrogen) atoms. The molecule has 94 valence electrons. The number of carbonyl (C=O) groups is 1. The van der Waals surface area contributed by atoms with Gasteiger partial charge >= 0.3 is 5.97 Å². The standard InChI is InChI=1S/C11H7F2NO3S/c1-18-8-3-2-5(9(12)10(8)13)7-4-6(11(15)16)14-17-7/h2-4H,1H3,(H,15,16). The average molecular weight is 271 g/mol. The Morgan fingerprint density at radius 2 is 2.11 bits per heavy atom. The monoisotopic (exact) mass is 271 g/mol. The quantitative estimate of drug-likeness (QED) is 0.869. The predicted molar refractivity (Wildman–Crippen MR) is 60.6 cm³/mol. The van der Waals surface area contributed by atoms with Gasteiger partial charge in [0.05, 0.1) is 5.56 Å². The Labute approximate surface area is 105 Å². The predicted octanol–water partition coefficient (Wildman–Crippen LogP) is 3.04. The molecule has 0 aliphatic rings. The number of carboxylic acids is 1. The Balaban J connectivity index is 2.50. The summed E-state index contributed by atoms with van der Waals surface area (Å²) >= 11 is 1.07. The maximum Gasteiger partial charge on any atom is 0.358 e. The van der Waals surface area contributed by atoms with Gasteiger partial charge in [0.2, 0.25) is 0 Å². The number of benzene rings is 1. The van der Waals surface area contributed by atoms with E-state index in [0.29, 0.717) is 0 Å². The lowest BCUT2D eigenvalue weighted by molar-refractivity contribution is 0.0686. The molecule has 0 aliphatic carbocycles. The number of carboxylic acid groups (broad SMARTS) is 1. The highest BCUT2D eigenvalue weighted by Crippen LogP contribution is 2.30. The van der Waals surface area contributed by atoms with Gasteiger partial charge in [-0.2, -0.15) is 0 Å². The normalized spacial score (nSPS) is 10.6. The molecule has 1 aromatic heterocycles. The molecule has 0 spiro atoms. The van der Waals surface area contributed by atoms with Gasteiger partial charge in [-0.1, -0.05) is 5.16 Å². The van der Waals surface area contributed by atoms with E-state index in [1.807, 2.05) is 0 Å². The molecule has 0 fully saturated rings. The maximum absolute atomic E-state index is 13.7. The summed E-state index contributed by atoms with van der Waals surface area (Å²) in [5, 5.41) is 11.9. The topological polar surface area (TPSA) is 63.3 Å². The van der Waals surface area contributed by atoms with E-state index in [-0.39, 0.29) is 21.9 Å². The lowest BCUT2D eigenvalue weighted by atomic mass is 10.1. The van der Waals surface area contributed by atoms with Crippen LogP contribution in [0.3, 0.4) is 0 Å². The van der Waals surface area contributed by atoms with E-state index < -0.39 is 17.6 Å². The summed E-state index contributed by atoms with van der Waals surface area (Å²) in [7, 11) is 0. The van der Waals surface area contributed by atoms with Crippen LogP contribution in [0.4, 0.5) is 8.78 Å². The molecular weight excluding hydrogens is 264 g/mol. The van der Waals surface area contributed by atoms with Crippen LogP contribution in [-0.4, -0.2) is 22.5 Å². The number of rotatable bonds is 3. The van der Waals surface area contributed by atoms with Crippen molar-refractivity contribution in [3.8, 4) is 11.3 Å². The third kappa shape index (κ3) is 2.08. The molecule has 2 rings (SSSR count). The van der Waals surface area contributed by atoms with Crippen LogP contribution in [0, 0.1) is 11.6 Å². The highest BCUT2D eigenvalue weighted by atomic mass is 32.2. The Hall–Kier alpha value is -1.89. The van der Waals surface area contributed by atoms with Crippen LogP contribution < -0.4 is 0 Å². The summed E-state index contributed by atoms with van der Waals surface area (Å²) in [6, 6.07) is 3.75. The van der Waals surface area contributed by atoms with E-state index in [9.17, 15) is 13.6 Å². The van der Waals surface area contributed by atoms with Crippen molar-refractivity contribution >= 4 is 17.7 Å². The lowest BCUT2D eigenvalue weighted by Crippen LogP contribution is -1.95. The third-order valence-electron chi connectivity index (χ3n) is 2.26. The van der Waals surface area contributed by atoms with Crippen LogP contribution in [0.2, 0.25) is 0 Å². The van der Waals surface area contributed by atoms with Crippen LogP contribution in [0.25, 0.3) is 11.3 Å². The first-order valence-corrected chi connectivity index (χ1v) is 5.99. The maximum atomic E-state index is 13.7. The van der Waals surface area contributed by atoms with Crippen LogP contribution in [-0.2, 0) is 0 Å². The molecule has 0 aliphatic heterocycles. The number of hydrogen-bond acceptors (Lipinski definition) is 4. The summed E-state index contributed by atoms with van der Waals surface area (Å²) in [6.07, 6.45) is 1.62. The SMILES string of the molecule is CSc1ccc(-c2cc(C(=O)O)no2)c(F)c1F. The summed E-state index contributed by atoms with van der Waals surface area (Å²) in [4.78, 5) is 10.8. The smallest absolute Gasteiger partial charge is 0.358 e. The Morgan fingerprint density at radius 3 is 2.67 bits per heavy atom. The molecule has 0 atom stereocenters. The van der Waals surface area contributed by atoms with Crippen molar-refractivity contribution in [1.29, 1.82) is 0 Å². The van der Waals surface area contributed by atoms with Gasteiger partial charge in [0, 0.05) is 11.0 Å². The highest BCUT2D eigenvalue weighted by molar-refractivity contribution is 7.98. The Kier molecular flexibility index (Phi) is 3.33. The van der Waals surface area contributed by atoms with Gasteiger partial charge in [0.1, 0.15) is 0 Å². The van der Waals surface area contributed by atoms with Gasteiger partial charge in [0.25, 0.3) is 0 Å². The van der Waals surface area contributed by atoms with Crippen molar-refractivity contribution in [3.63, 3.8) is 0 Å². The molecule has 1 aromatic carbocycles. The number of nitrogens with zero attached hydrogens (tertiary/aromatic N) is 1. The molecule has 2 aromatic rings. The molecule has 0 saturated carbocycles. The van der Waals surface area contributed by atoms with Crippen molar-refractivity contribution in [2.24, 2.45) is 0 Å². The third-order valence-corrected chi connectivity index (χ3v) is 3.02. The molecule has 0 radical (unpaired) electrons. The second kappa shape index (κ2) is 4.77. The fraction of sp³-hybridized carbons (Fsp3) is 0.0909. The minimum Gasteiger partial charge on any atom is -0.476 e. The van der Waals surface area contributed by atoms with E-state index in [1.165, 1.54) is 12.1 Å². The van der Waals surface area contributed by atoms with Gasteiger partial charge in [0.15, 0.2) is 23.1 Å². The summed E-state index contributed by atoms with van der Waals surface area (Å²) in [5.74, 6) is -3.51. The molecule has 0 saturated heterocycles. The Bertz CT molecular complexity index is 612. The van der Waals surface area contributed by atoms with E-state index in [1.54, 1.807) is 6.26 Å². The minimum atomic E-state index is -1.30. The van der Waals surface area contributed by atoms with Crippen LogP contribution >= 0.6 is 11.8 Å². The van der Waals surface area contributed by atoms with Crippen molar-refractivity contribution in [1.82, 2.24) is 5.16 Å². The van der Waals surface area contributed by atoms with E-state index in [2.05, 4.69) is 9.68 Å². The molecule has 1 heterocycles. The first kappa shape index (κ1) is 12.6. The fourth-order valence-corrected chi connectivity index (χ4v) is 1.86. The van der Waals surface area contributed by atoms with E-state index >= 15 is 0 Å².